The highest BCUT2D eigenvalue weighted by atomic mass is 16.5. The summed E-state index contributed by atoms with van der Waals surface area (Å²) in [7, 11) is 3.79. The van der Waals surface area contributed by atoms with Gasteiger partial charge in [-0.2, -0.15) is 0 Å². The lowest BCUT2D eigenvalue weighted by molar-refractivity contribution is 0.415. The number of methoxy groups -OCH3 is 1. The molecule has 0 amide bonds. The Labute approximate surface area is 255 Å². The Morgan fingerprint density at radius 3 is 1.65 bits per heavy atom. The van der Waals surface area contributed by atoms with E-state index in [9.17, 15) is 0 Å². The SMILES string of the molecule is COc1ccc(N(C)c2ccc(N(/C3=C/C=C(c4ccccc4)\C=C/CC3)c3ccc(-c4ccccc4)cc3)cc2)cc1. The maximum Gasteiger partial charge on any atom is 0.119 e. The van der Waals surface area contributed by atoms with Gasteiger partial charge in [-0.3, -0.25) is 0 Å². The Morgan fingerprint density at radius 2 is 1.05 bits per heavy atom. The van der Waals surface area contributed by atoms with Crippen LogP contribution in [0, 0.1) is 0 Å². The van der Waals surface area contributed by atoms with Crippen LogP contribution in [0.15, 0.2) is 163 Å². The Kier molecular flexibility index (Phi) is 8.51. The third-order valence-corrected chi connectivity index (χ3v) is 7.90. The normalized spacial score (nSPS) is 16.0. The van der Waals surface area contributed by atoms with Crippen molar-refractivity contribution < 1.29 is 4.74 Å². The molecule has 0 atom stereocenters. The largest absolute Gasteiger partial charge is 0.497 e. The third-order valence-electron chi connectivity index (χ3n) is 7.90. The molecule has 0 aliphatic heterocycles. The van der Waals surface area contributed by atoms with E-state index in [1.54, 1.807) is 7.11 Å². The van der Waals surface area contributed by atoms with Gasteiger partial charge in [0.2, 0.25) is 0 Å². The minimum atomic E-state index is 0.855. The lowest BCUT2D eigenvalue weighted by Gasteiger charge is -2.29. The van der Waals surface area contributed by atoms with E-state index < -0.39 is 0 Å². The van der Waals surface area contributed by atoms with Gasteiger partial charge >= 0.3 is 0 Å². The zero-order chi connectivity index (χ0) is 29.4. The zero-order valence-corrected chi connectivity index (χ0v) is 24.7. The van der Waals surface area contributed by atoms with Crippen LogP contribution in [0.3, 0.4) is 0 Å². The van der Waals surface area contributed by atoms with Crippen molar-refractivity contribution in [1.29, 1.82) is 0 Å². The molecule has 5 aromatic carbocycles. The summed E-state index contributed by atoms with van der Waals surface area (Å²) in [6.45, 7) is 0. The van der Waals surface area contributed by atoms with Gasteiger partial charge < -0.3 is 14.5 Å². The maximum atomic E-state index is 5.34. The van der Waals surface area contributed by atoms with E-state index in [0.717, 1.165) is 41.3 Å². The van der Waals surface area contributed by atoms with Gasteiger partial charge in [-0.15, -0.1) is 0 Å². The molecule has 1 aliphatic rings. The van der Waals surface area contributed by atoms with Gasteiger partial charge in [-0.1, -0.05) is 91.0 Å². The molecule has 0 fully saturated rings. The Morgan fingerprint density at radius 1 is 0.535 bits per heavy atom. The molecule has 5 aromatic rings. The Hall–Kier alpha value is -5.28. The lowest BCUT2D eigenvalue weighted by Crippen LogP contribution is -2.17. The smallest absolute Gasteiger partial charge is 0.119 e. The van der Waals surface area contributed by atoms with Crippen molar-refractivity contribution in [3.05, 3.63) is 169 Å². The summed E-state index contributed by atoms with van der Waals surface area (Å²) in [6, 6.07) is 47.0. The first kappa shape index (κ1) is 27.9. The molecule has 0 saturated carbocycles. The molecule has 0 bridgehead atoms. The van der Waals surface area contributed by atoms with Gasteiger partial charge in [0, 0.05) is 35.5 Å². The van der Waals surface area contributed by atoms with Gasteiger partial charge in [0.15, 0.2) is 0 Å². The van der Waals surface area contributed by atoms with E-state index >= 15 is 0 Å². The molecule has 6 rings (SSSR count). The molecule has 212 valence electrons. The number of benzene rings is 5. The molecule has 0 saturated heterocycles. The predicted molar refractivity (Wildman–Crippen MR) is 182 cm³/mol. The zero-order valence-electron chi connectivity index (χ0n) is 24.7. The minimum absolute atomic E-state index is 0.855. The van der Waals surface area contributed by atoms with Gasteiger partial charge in [0.05, 0.1) is 7.11 Å². The number of allylic oxidation sites excluding steroid dienone is 6. The summed E-state index contributed by atoms with van der Waals surface area (Å²) in [5.74, 6) is 0.855. The van der Waals surface area contributed by atoms with Crippen LogP contribution in [0.25, 0.3) is 16.7 Å². The van der Waals surface area contributed by atoms with E-state index in [4.69, 9.17) is 4.74 Å². The van der Waals surface area contributed by atoms with Crippen LogP contribution in [0.1, 0.15) is 18.4 Å². The van der Waals surface area contributed by atoms with Crippen LogP contribution in [0.5, 0.6) is 5.75 Å². The molecule has 3 nitrogen and oxygen atoms in total. The number of hydrogen-bond acceptors (Lipinski definition) is 3. The Balaban J connectivity index is 1.37. The highest BCUT2D eigenvalue weighted by Crippen LogP contribution is 2.36. The second-order valence-electron chi connectivity index (χ2n) is 10.6. The number of ether oxygens (including phenoxy) is 1. The quantitative estimate of drug-likeness (QED) is 0.188. The van der Waals surface area contributed by atoms with Gasteiger partial charge in [-0.25, -0.2) is 0 Å². The summed E-state index contributed by atoms with van der Waals surface area (Å²) in [5, 5.41) is 0. The second-order valence-corrected chi connectivity index (χ2v) is 10.6. The van der Waals surface area contributed by atoms with Crippen molar-refractivity contribution in [3.63, 3.8) is 0 Å². The van der Waals surface area contributed by atoms with E-state index in [2.05, 4.69) is 162 Å². The number of anilines is 4. The molecule has 0 aromatic heterocycles. The molecular formula is C40H36N2O. The fraction of sp³-hybridized carbons (Fsp3) is 0.100. The first-order chi connectivity index (χ1) is 21.2. The van der Waals surface area contributed by atoms with Crippen molar-refractivity contribution in [1.82, 2.24) is 0 Å². The summed E-state index contributed by atoms with van der Waals surface area (Å²) in [5.41, 5.74) is 10.6. The van der Waals surface area contributed by atoms with Gasteiger partial charge in [0.25, 0.3) is 0 Å². The molecule has 43 heavy (non-hydrogen) atoms. The van der Waals surface area contributed by atoms with Crippen LogP contribution < -0.4 is 14.5 Å². The molecular weight excluding hydrogens is 524 g/mol. The van der Waals surface area contributed by atoms with Gasteiger partial charge in [-0.05, 0) is 102 Å². The average molecular weight is 561 g/mol. The van der Waals surface area contributed by atoms with Crippen LogP contribution in [0.2, 0.25) is 0 Å². The van der Waals surface area contributed by atoms with Crippen molar-refractivity contribution in [2.45, 2.75) is 12.8 Å². The molecule has 3 heteroatoms. The molecule has 0 N–H and O–H groups in total. The van der Waals surface area contributed by atoms with Crippen LogP contribution >= 0.6 is 0 Å². The summed E-state index contributed by atoms with van der Waals surface area (Å²) in [4.78, 5) is 4.58. The fourth-order valence-corrected chi connectivity index (χ4v) is 5.47. The van der Waals surface area contributed by atoms with Crippen molar-refractivity contribution >= 4 is 28.3 Å². The standard InChI is InChI=1S/C40H36N2O/c1-41(36-27-29-40(43-2)30-28-36)35-23-25-39(26-24-35)42(38-21-18-34(19-22-38)32-13-7-4-8-14-32)37-16-10-9-15-33(17-20-37)31-11-5-3-6-12-31/h3-9,11-15,17-30H,10,16H2,1-2H3/b15-9-,33-17+,37-20+. The fourth-order valence-electron chi connectivity index (χ4n) is 5.47. The maximum absolute atomic E-state index is 5.34. The van der Waals surface area contributed by atoms with Crippen LogP contribution in [0.4, 0.5) is 22.7 Å². The average Bonchev–Trinajstić information content (AvgIpc) is 3.07. The molecule has 0 radical (unpaired) electrons. The first-order valence-electron chi connectivity index (χ1n) is 14.8. The summed E-state index contributed by atoms with van der Waals surface area (Å²) >= 11 is 0. The molecule has 1 aliphatic carbocycles. The monoisotopic (exact) mass is 560 g/mol. The van der Waals surface area contributed by atoms with Crippen molar-refractivity contribution in [2.75, 3.05) is 24.0 Å². The van der Waals surface area contributed by atoms with E-state index in [1.165, 1.54) is 28.0 Å². The van der Waals surface area contributed by atoms with E-state index in [0.29, 0.717) is 0 Å². The highest BCUT2D eigenvalue weighted by molar-refractivity contribution is 5.78. The van der Waals surface area contributed by atoms with E-state index in [-0.39, 0.29) is 0 Å². The number of nitrogens with zero attached hydrogens (tertiary/aromatic N) is 2. The number of rotatable bonds is 8. The molecule has 0 heterocycles. The highest BCUT2D eigenvalue weighted by Gasteiger charge is 2.16. The predicted octanol–water partition coefficient (Wildman–Crippen LogP) is 10.6. The van der Waals surface area contributed by atoms with Gasteiger partial charge in [0.1, 0.15) is 5.75 Å². The van der Waals surface area contributed by atoms with Crippen LogP contribution in [-0.2, 0) is 0 Å². The van der Waals surface area contributed by atoms with Crippen molar-refractivity contribution in [3.8, 4) is 16.9 Å². The Bertz CT molecular complexity index is 1720. The minimum Gasteiger partial charge on any atom is -0.497 e. The number of hydrogen-bond donors (Lipinski definition) is 0. The summed E-state index contributed by atoms with van der Waals surface area (Å²) in [6.07, 6.45) is 11.0. The molecule has 0 unspecified atom stereocenters. The lowest BCUT2D eigenvalue weighted by atomic mass is 10.0. The third kappa shape index (κ3) is 6.47. The topological polar surface area (TPSA) is 15.7 Å². The molecule has 0 spiro atoms. The second kappa shape index (κ2) is 13.1. The van der Waals surface area contributed by atoms with Crippen molar-refractivity contribution in [2.24, 2.45) is 0 Å². The first-order valence-corrected chi connectivity index (χ1v) is 14.8. The van der Waals surface area contributed by atoms with Crippen LogP contribution in [-0.4, -0.2) is 14.2 Å². The summed E-state index contributed by atoms with van der Waals surface area (Å²) < 4.78 is 5.34. The van der Waals surface area contributed by atoms with E-state index in [1.807, 2.05) is 12.1 Å².